The number of amides is 1. The zero-order chi connectivity index (χ0) is 25.0. The maximum atomic E-state index is 13.5. The number of nitrogens with zero attached hydrogens (tertiary/aromatic N) is 1. The third kappa shape index (κ3) is 5.52. The second-order valence-electron chi connectivity index (χ2n) is 7.13. The molecule has 1 N–H and O–H groups in total. The van der Waals surface area contributed by atoms with Crippen LogP contribution in [0.4, 0.5) is 11.4 Å². The Hall–Kier alpha value is -2.65. The summed E-state index contributed by atoms with van der Waals surface area (Å²) in [6, 6.07) is 13.7. The van der Waals surface area contributed by atoms with Crippen molar-refractivity contribution in [2.75, 3.05) is 30.4 Å². The van der Waals surface area contributed by atoms with Crippen molar-refractivity contribution in [1.82, 2.24) is 0 Å². The van der Waals surface area contributed by atoms with Crippen LogP contribution in [0, 0.1) is 6.92 Å². The lowest BCUT2D eigenvalue weighted by molar-refractivity contribution is -0.114. The van der Waals surface area contributed by atoms with E-state index in [1.54, 1.807) is 18.2 Å². The number of anilines is 2. The van der Waals surface area contributed by atoms with Gasteiger partial charge in [-0.15, -0.1) is 0 Å². The lowest BCUT2D eigenvalue weighted by atomic mass is 10.2. The summed E-state index contributed by atoms with van der Waals surface area (Å²) in [5.74, 6) is -0.0814. The molecule has 0 saturated carbocycles. The highest BCUT2D eigenvalue weighted by Gasteiger charge is 2.29. The van der Waals surface area contributed by atoms with Crippen LogP contribution >= 0.6 is 34.8 Å². The highest BCUT2D eigenvalue weighted by Crippen LogP contribution is 2.37. The number of hydrogen-bond donors (Lipinski definition) is 1. The predicted molar refractivity (Wildman–Crippen MR) is 135 cm³/mol. The molecule has 0 radical (unpaired) electrons. The van der Waals surface area contributed by atoms with Crippen LogP contribution < -0.4 is 19.1 Å². The van der Waals surface area contributed by atoms with Gasteiger partial charge in [-0.25, -0.2) is 8.42 Å². The zero-order valence-electron chi connectivity index (χ0n) is 18.4. The van der Waals surface area contributed by atoms with Crippen LogP contribution in [0.5, 0.6) is 11.5 Å². The van der Waals surface area contributed by atoms with E-state index >= 15 is 0 Å². The van der Waals surface area contributed by atoms with Gasteiger partial charge in [0.15, 0.2) is 0 Å². The molecule has 0 unspecified atom stereocenters. The van der Waals surface area contributed by atoms with E-state index in [1.807, 2.05) is 6.92 Å². The van der Waals surface area contributed by atoms with Crippen molar-refractivity contribution in [3.63, 3.8) is 0 Å². The highest BCUT2D eigenvalue weighted by molar-refractivity contribution is 7.92. The summed E-state index contributed by atoms with van der Waals surface area (Å²) in [5, 5.41) is 3.07. The van der Waals surface area contributed by atoms with E-state index in [1.165, 1.54) is 50.6 Å². The molecule has 0 aliphatic heterocycles. The predicted octanol–water partition coefficient (Wildman–Crippen LogP) is 5.81. The summed E-state index contributed by atoms with van der Waals surface area (Å²) >= 11 is 18.6. The number of methoxy groups -OCH3 is 2. The number of rotatable bonds is 8. The van der Waals surface area contributed by atoms with Crippen molar-refractivity contribution in [2.24, 2.45) is 0 Å². The van der Waals surface area contributed by atoms with Crippen molar-refractivity contribution < 1.29 is 22.7 Å². The molecule has 34 heavy (non-hydrogen) atoms. The monoisotopic (exact) mass is 542 g/mol. The molecule has 1 amide bonds. The minimum atomic E-state index is -4.18. The molecule has 0 aromatic heterocycles. The summed E-state index contributed by atoms with van der Waals surface area (Å²) in [5.41, 5.74) is 1.19. The standard InChI is InChI=1S/C23H21Cl3N2O5S/c1-14-7-9-15(10-8-14)34(30,31)28(19-6-4-5-16(24)23(19)26)13-22(29)27-18-12-20(32-2)17(25)11-21(18)33-3/h4-12H,13H2,1-3H3,(H,27,29). The van der Waals surface area contributed by atoms with Crippen LogP contribution in [-0.2, 0) is 14.8 Å². The number of carbonyl (C=O) groups is 1. The SMILES string of the molecule is COc1cc(NC(=O)CN(c2cccc(Cl)c2Cl)S(=O)(=O)c2ccc(C)cc2)c(OC)cc1Cl. The molecule has 0 bridgehead atoms. The normalized spacial score (nSPS) is 11.1. The Labute approximate surface area is 213 Å². The summed E-state index contributed by atoms with van der Waals surface area (Å²) in [6.45, 7) is 1.24. The first-order valence-corrected chi connectivity index (χ1v) is 12.4. The van der Waals surface area contributed by atoms with Crippen LogP contribution in [0.1, 0.15) is 5.56 Å². The molecule has 3 rings (SSSR count). The first kappa shape index (κ1) is 26.0. The van der Waals surface area contributed by atoms with E-state index < -0.39 is 22.5 Å². The summed E-state index contributed by atoms with van der Waals surface area (Å²) in [6.07, 6.45) is 0. The first-order chi connectivity index (χ1) is 16.1. The molecule has 0 fully saturated rings. The second kappa shape index (κ2) is 10.7. The Morgan fingerprint density at radius 2 is 1.59 bits per heavy atom. The molecule has 0 saturated heterocycles. The summed E-state index contributed by atoms with van der Waals surface area (Å²) in [7, 11) is -1.34. The minimum absolute atomic E-state index is 0.00149. The van der Waals surface area contributed by atoms with Gasteiger partial charge in [-0.3, -0.25) is 9.10 Å². The van der Waals surface area contributed by atoms with E-state index in [0.29, 0.717) is 5.75 Å². The number of benzene rings is 3. The number of halogens is 3. The molecule has 0 aliphatic rings. The fraction of sp³-hybridized carbons (Fsp3) is 0.174. The van der Waals surface area contributed by atoms with Gasteiger partial charge in [0, 0.05) is 12.1 Å². The van der Waals surface area contributed by atoms with Gasteiger partial charge in [-0.1, -0.05) is 58.6 Å². The zero-order valence-corrected chi connectivity index (χ0v) is 21.5. The number of sulfonamides is 1. The first-order valence-electron chi connectivity index (χ1n) is 9.83. The third-order valence-electron chi connectivity index (χ3n) is 4.84. The van der Waals surface area contributed by atoms with Crippen LogP contribution in [0.2, 0.25) is 15.1 Å². The maximum Gasteiger partial charge on any atom is 0.264 e. The Morgan fingerprint density at radius 3 is 2.21 bits per heavy atom. The number of hydrogen-bond acceptors (Lipinski definition) is 5. The van der Waals surface area contributed by atoms with Crippen LogP contribution in [-0.4, -0.2) is 35.1 Å². The summed E-state index contributed by atoms with van der Waals surface area (Å²) in [4.78, 5) is 13.0. The highest BCUT2D eigenvalue weighted by atomic mass is 35.5. The molecule has 180 valence electrons. The number of nitrogens with one attached hydrogen (secondary N) is 1. The Morgan fingerprint density at radius 1 is 0.941 bits per heavy atom. The Kier molecular flexibility index (Phi) is 8.20. The van der Waals surface area contributed by atoms with Crippen molar-refractivity contribution in [2.45, 2.75) is 11.8 Å². The molecular weight excluding hydrogens is 523 g/mol. The third-order valence-corrected chi connectivity index (χ3v) is 7.72. The lowest BCUT2D eigenvalue weighted by Crippen LogP contribution is -2.38. The van der Waals surface area contributed by atoms with Crippen LogP contribution in [0.15, 0.2) is 59.5 Å². The van der Waals surface area contributed by atoms with E-state index in [2.05, 4.69) is 5.32 Å². The molecule has 0 heterocycles. The lowest BCUT2D eigenvalue weighted by Gasteiger charge is -2.25. The van der Waals surface area contributed by atoms with Gasteiger partial charge in [0.05, 0.1) is 45.6 Å². The van der Waals surface area contributed by atoms with Crippen molar-refractivity contribution in [3.05, 3.63) is 75.2 Å². The van der Waals surface area contributed by atoms with Gasteiger partial charge in [-0.2, -0.15) is 0 Å². The molecule has 0 spiro atoms. The average Bonchev–Trinajstić information content (AvgIpc) is 2.80. The van der Waals surface area contributed by atoms with Crippen molar-refractivity contribution >= 4 is 62.1 Å². The molecule has 7 nitrogen and oxygen atoms in total. The van der Waals surface area contributed by atoms with Crippen LogP contribution in [0.25, 0.3) is 0 Å². The Balaban J connectivity index is 2.02. The van der Waals surface area contributed by atoms with E-state index in [0.717, 1.165) is 9.87 Å². The molecule has 0 atom stereocenters. The van der Waals surface area contributed by atoms with Gasteiger partial charge in [0.2, 0.25) is 5.91 Å². The second-order valence-corrected chi connectivity index (χ2v) is 10.2. The van der Waals surface area contributed by atoms with Crippen molar-refractivity contribution in [3.8, 4) is 11.5 Å². The maximum absolute atomic E-state index is 13.5. The smallest absolute Gasteiger partial charge is 0.264 e. The Bertz CT molecular complexity index is 1310. The largest absolute Gasteiger partial charge is 0.495 e. The number of aryl methyl sites for hydroxylation is 1. The molecule has 0 aliphatic carbocycles. The quantitative estimate of drug-likeness (QED) is 0.388. The summed E-state index contributed by atoms with van der Waals surface area (Å²) < 4.78 is 38.5. The molecular formula is C23H21Cl3N2O5S. The fourth-order valence-electron chi connectivity index (χ4n) is 3.10. The molecule has 3 aromatic rings. The average molecular weight is 544 g/mol. The van der Waals surface area contributed by atoms with E-state index in [9.17, 15) is 13.2 Å². The topological polar surface area (TPSA) is 84.9 Å². The molecule has 3 aromatic carbocycles. The van der Waals surface area contributed by atoms with Crippen LogP contribution in [0.3, 0.4) is 0 Å². The fourth-order valence-corrected chi connectivity index (χ4v) is 5.21. The van der Waals surface area contributed by atoms with Crippen molar-refractivity contribution in [1.29, 1.82) is 0 Å². The van der Waals surface area contributed by atoms with Gasteiger partial charge in [0.1, 0.15) is 18.0 Å². The number of carbonyl (C=O) groups excluding carboxylic acids is 1. The minimum Gasteiger partial charge on any atom is -0.495 e. The van der Waals surface area contributed by atoms with Gasteiger partial charge >= 0.3 is 0 Å². The van der Waals surface area contributed by atoms with E-state index in [4.69, 9.17) is 44.3 Å². The van der Waals surface area contributed by atoms with Gasteiger partial charge < -0.3 is 14.8 Å². The molecule has 11 heteroatoms. The van der Waals surface area contributed by atoms with Gasteiger partial charge in [-0.05, 0) is 31.2 Å². The number of ether oxygens (including phenoxy) is 2. The van der Waals surface area contributed by atoms with E-state index in [-0.39, 0.29) is 37.1 Å². The van der Waals surface area contributed by atoms with Gasteiger partial charge in [0.25, 0.3) is 10.0 Å².